The minimum Gasteiger partial charge on any atom is -1.00 e. The predicted molar refractivity (Wildman–Crippen MR) is 233 cm³/mol. The second-order valence-electron chi connectivity index (χ2n) is 18.3. The van der Waals surface area contributed by atoms with Crippen molar-refractivity contribution in [3.63, 3.8) is 0 Å². The van der Waals surface area contributed by atoms with E-state index in [1.54, 1.807) is 5.57 Å². The molecular weight excluding hydrogens is 858 g/mol. The summed E-state index contributed by atoms with van der Waals surface area (Å²) in [5.41, 5.74) is 5.60. The molecule has 0 spiro atoms. The fraction of sp³-hybridized carbons (Fsp3) is 0.673. The van der Waals surface area contributed by atoms with Crippen LogP contribution < -0.4 is 26.5 Å². The molecule has 9 heteroatoms. The van der Waals surface area contributed by atoms with E-state index < -0.39 is 0 Å². The van der Waals surface area contributed by atoms with Crippen LogP contribution in [-0.2, 0) is 18.9 Å². The van der Waals surface area contributed by atoms with Gasteiger partial charge in [-0.2, -0.15) is 0 Å². The van der Waals surface area contributed by atoms with Crippen molar-refractivity contribution in [2.24, 2.45) is 35.5 Å². The maximum Gasteiger partial charge on any atom is 0.125 e. The van der Waals surface area contributed by atoms with Gasteiger partial charge < -0.3 is 49.9 Å². The van der Waals surface area contributed by atoms with E-state index in [9.17, 15) is 0 Å². The molecule has 10 rings (SSSR count). The van der Waals surface area contributed by atoms with Gasteiger partial charge in [-0.05, 0) is 163 Å². The third-order valence-corrected chi connectivity index (χ3v) is 15.1. The van der Waals surface area contributed by atoms with Crippen LogP contribution in [0.4, 0.5) is 0 Å². The Kier molecular flexibility index (Phi) is 15.5. The first-order valence-corrected chi connectivity index (χ1v) is 23.4. The Morgan fingerprint density at radius 3 is 1.41 bits per heavy atom. The molecule has 0 saturated heterocycles. The molecule has 0 aliphatic heterocycles. The number of hydrogen-bond acceptors (Lipinski definition) is 6. The van der Waals surface area contributed by atoms with Gasteiger partial charge in [-0.15, -0.1) is 0 Å². The number of benzene rings is 2. The molecule has 58 heavy (non-hydrogen) atoms. The fourth-order valence-electron chi connectivity index (χ4n) is 12.4. The number of halogens is 2. The topological polar surface area (TPSA) is 55.4 Å². The van der Waals surface area contributed by atoms with Crippen molar-refractivity contribution in [3.05, 3.63) is 70.8 Å². The van der Waals surface area contributed by atoms with Gasteiger partial charge in [0, 0.05) is 16.5 Å². The number of hydrogen-bond donors (Lipinski definition) is 0. The lowest BCUT2D eigenvalue weighted by Crippen LogP contribution is -3.00. The number of allylic oxidation sites excluding steroid dienone is 2. The van der Waals surface area contributed by atoms with Crippen LogP contribution in [0.15, 0.2) is 59.7 Å². The van der Waals surface area contributed by atoms with E-state index in [1.807, 2.05) is 40.2 Å². The van der Waals surface area contributed by atoms with E-state index in [2.05, 4.69) is 73.2 Å². The van der Waals surface area contributed by atoms with E-state index in [0.29, 0.717) is 36.9 Å². The largest absolute Gasteiger partial charge is 1.00 e. The molecule has 8 fully saturated rings. The summed E-state index contributed by atoms with van der Waals surface area (Å²) in [6.07, 6.45) is 12.3. The Balaban J connectivity index is 0.000000195. The van der Waals surface area contributed by atoms with Gasteiger partial charge in [-0.25, -0.2) is 0 Å². The van der Waals surface area contributed by atoms with Crippen LogP contribution >= 0.6 is 15.9 Å². The van der Waals surface area contributed by atoms with Crippen molar-refractivity contribution in [2.45, 2.75) is 103 Å². The molecule has 8 aliphatic rings. The molecule has 8 aliphatic carbocycles. The highest BCUT2D eigenvalue weighted by Gasteiger charge is 2.56. The summed E-state index contributed by atoms with van der Waals surface area (Å²) in [6.45, 7) is 15.2. The normalized spacial score (nSPS) is 30.0. The number of methoxy groups -OCH3 is 2. The average molecular weight is 930 g/mol. The van der Waals surface area contributed by atoms with Crippen molar-refractivity contribution < 1.29 is 49.9 Å². The summed E-state index contributed by atoms with van der Waals surface area (Å²) in [6, 6.07) is 16.8. The van der Waals surface area contributed by atoms with Gasteiger partial charge in [-0.1, -0.05) is 40.2 Å². The molecule has 4 atom stereocenters. The first-order chi connectivity index (χ1) is 27.6. The molecule has 8 saturated carbocycles. The molecule has 8 bridgehead atoms. The molecule has 322 valence electrons. The van der Waals surface area contributed by atoms with E-state index in [-0.39, 0.29) is 28.2 Å². The van der Waals surface area contributed by atoms with Crippen molar-refractivity contribution in [2.75, 3.05) is 72.7 Å². The number of rotatable bonds is 17. The summed E-state index contributed by atoms with van der Waals surface area (Å²) in [5.74, 6) is 8.03. The third kappa shape index (κ3) is 9.69. The Morgan fingerprint density at radius 2 is 1.05 bits per heavy atom. The van der Waals surface area contributed by atoms with Gasteiger partial charge in [-0.3, -0.25) is 0 Å². The van der Waals surface area contributed by atoms with Crippen LogP contribution in [0.2, 0.25) is 0 Å². The lowest BCUT2D eigenvalue weighted by atomic mass is 9.52. The minimum absolute atomic E-state index is 0. The van der Waals surface area contributed by atoms with Crippen LogP contribution in [0.1, 0.15) is 103 Å². The number of ether oxygens (including phenoxy) is 6. The standard InChI is InChI=1S/C27H42NO3.C22H29BrO3.BrH/c1-6-28(4,7-2)12-13-31-27-17-20-14-22(18-27)25(23(15-20)19-27)26(29-5)21-10-9-11-24(16-21)30-8-3;1-3-25-19-6-4-5-16(11-19)21(24-2)20-17-9-15-10-18(20)14-22(12-15,13-17)26-8-7-23;/h9-11,16,20,22-23H,6-8,12-15,17-19H2,1-5H3;4-6,11,15,17-18H,3,7-10,12-14H2,1-2H3;1H/q+1;;/p-1. The molecule has 0 amide bonds. The molecule has 0 N–H and O–H groups in total. The van der Waals surface area contributed by atoms with Crippen LogP contribution in [-0.4, -0.2) is 88.3 Å². The lowest BCUT2D eigenvalue weighted by Gasteiger charge is -2.57. The maximum atomic E-state index is 6.76. The highest BCUT2D eigenvalue weighted by molar-refractivity contribution is 9.09. The van der Waals surface area contributed by atoms with E-state index in [4.69, 9.17) is 28.4 Å². The Bertz CT molecular complexity index is 1700. The summed E-state index contributed by atoms with van der Waals surface area (Å²) >= 11 is 3.52. The maximum absolute atomic E-state index is 6.76. The van der Waals surface area contributed by atoms with E-state index in [0.717, 1.165) is 101 Å². The number of alkyl halides is 1. The lowest BCUT2D eigenvalue weighted by molar-refractivity contribution is -0.906. The van der Waals surface area contributed by atoms with Crippen molar-refractivity contribution in [1.29, 1.82) is 0 Å². The van der Waals surface area contributed by atoms with Gasteiger partial charge in [0.05, 0.1) is 72.0 Å². The molecule has 0 aromatic heterocycles. The summed E-state index contributed by atoms with van der Waals surface area (Å²) < 4.78 is 37.7. The van der Waals surface area contributed by atoms with Crippen LogP contribution in [0.25, 0.3) is 11.5 Å². The van der Waals surface area contributed by atoms with Crippen molar-refractivity contribution >= 4 is 27.4 Å². The van der Waals surface area contributed by atoms with Gasteiger partial charge >= 0.3 is 0 Å². The fourth-order valence-corrected chi connectivity index (χ4v) is 12.6. The minimum atomic E-state index is 0. The highest BCUT2D eigenvalue weighted by atomic mass is 79.9. The monoisotopic (exact) mass is 927 g/mol. The number of nitrogens with zero attached hydrogens (tertiary/aromatic N) is 1. The first-order valence-electron chi connectivity index (χ1n) is 22.3. The van der Waals surface area contributed by atoms with Gasteiger partial charge in [0.2, 0.25) is 0 Å². The average Bonchev–Trinajstić information content (AvgIpc) is 3.20. The van der Waals surface area contributed by atoms with Crippen LogP contribution in [0, 0.1) is 35.5 Å². The predicted octanol–water partition coefficient (Wildman–Crippen LogP) is 7.96. The summed E-state index contributed by atoms with van der Waals surface area (Å²) in [5, 5.41) is 0.922. The molecular formula is C49H71Br2NO6. The van der Waals surface area contributed by atoms with E-state index >= 15 is 0 Å². The zero-order chi connectivity index (χ0) is 40.2. The summed E-state index contributed by atoms with van der Waals surface area (Å²) in [7, 11) is 6.00. The molecule has 2 aromatic carbocycles. The second kappa shape index (κ2) is 19.8. The smallest absolute Gasteiger partial charge is 0.125 e. The zero-order valence-electron chi connectivity index (χ0n) is 36.5. The van der Waals surface area contributed by atoms with Gasteiger partial charge in [0.1, 0.15) is 29.6 Å². The molecule has 0 radical (unpaired) electrons. The van der Waals surface area contributed by atoms with Gasteiger partial charge in [0.15, 0.2) is 0 Å². The molecule has 0 heterocycles. The van der Waals surface area contributed by atoms with E-state index in [1.165, 1.54) is 57.2 Å². The Morgan fingerprint density at radius 1 is 0.638 bits per heavy atom. The Labute approximate surface area is 369 Å². The zero-order valence-corrected chi connectivity index (χ0v) is 39.6. The van der Waals surface area contributed by atoms with Crippen molar-refractivity contribution in [1.82, 2.24) is 0 Å². The highest BCUT2D eigenvalue weighted by Crippen LogP contribution is 2.62. The first kappa shape index (κ1) is 45.5. The molecule has 4 unspecified atom stereocenters. The summed E-state index contributed by atoms with van der Waals surface area (Å²) in [4.78, 5) is 0. The van der Waals surface area contributed by atoms with Crippen molar-refractivity contribution in [3.8, 4) is 11.5 Å². The Hall–Kier alpha value is -2.04. The molecule has 2 aromatic rings. The quantitative estimate of drug-likeness (QED) is 0.0913. The van der Waals surface area contributed by atoms with Gasteiger partial charge in [0.25, 0.3) is 0 Å². The number of quaternary nitrogens is 1. The molecule has 7 nitrogen and oxygen atoms in total. The second-order valence-corrected chi connectivity index (χ2v) is 19.1. The number of likely N-dealkylation sites (N-methyl/N-ethyl adjacent to an activating group) is 1. The van der Waals surface area contributed by atoms with Crippen LogP contribution in [0.5, 0.6) is 11.5 Å². The third-order valence-electron chi connectivity index (χ3n) is 14.8. The SMILES string of the molecule is CCOc1cccc(C(OC)=C2C3CC4CC2CC(OCCBr)(C4)C3)c1.CCOc1cccc(C(OC)=C2C3CC4CC2CC(OCC[N+](C)(CC)CC)(C4)C3)c1.[Br-]. The van der Waals surface area contributed by atoms with Crippen LogP contribution in [0.3, 0.4) is 0 Å².